The second kappa shape index (κ2) is 11.1. The largest absolute Gasteiger partial charge is 0.433 e. The molecule has 4 aromatic rings. The zero-order chi connectivity index (χ0) is 28.4. The molecule has 0 aliphatic carbocycles. The van der Waals surface area contributed by atoms with E-state index in [0.29, 0.717) is 39.7 Å². The molecule has 5 rings (SSSR count). The number of carbonyl (C=O) groups is 1. The minimum Gasteiger partial charge on any atom is -0.342 e. The van der Waals surface area contributed by atoms with Crippen LogP contribution in [0.2, 0.25) is 5.02 Å². The monoisotopic (exact) mass is 566 g/mol. The van der Waals surface area contributed by atoms with Gasteiger partial charge in [-0.1, -0.05) is 59.6 Å². The highest BCUT2D eigenvalue weighted by Gasteiger charge is 2.32. The van der Waals surface area contributed by atoms with Crippen LogP contribution in [-0.2, 0) is 17.5 Å². The van der Waals surface area contributed by atoms with E-state index in [9.17, 15) is 18.0 Å². The first-order valence-corrected chi connectivity index (χ1v) is 13.0. The highest BCUT2D eigenvalue weighted by atomic mass is 35.5. The highest BCUT2D eigenvalue weighted by Crippen LogP contribution is 2.32. The Labute approximate surface area is 234 Å². The molecule has 2 aromatic carbocycles. The number of halogens is 4. The molecule has 206 valence electrons. The summed E-state index contributed by atoms with van der Waals surface area (Å²) >= 11 is 6.17. The van der Waals surface area contributed by atoms with E-state index >= 15 is 0 Å². The lowest BCUT2D eigenvalue weighted by molar-refractivity contribution is -0.141. The Morgan fingerprint density at radius 1 is 1.02 bits per heavy atom. The molecule has 0 unspecified atom stereocenters. The average molecular weight is 567 g/mol. The fourth-order valence-corrected chi connectivity index (χ4v) is 4.54. The first-order chi connectivity index (χ1) is 19.1. The third-order valence-electron chi connectivity index (χ3n) is 6.61. The van der Waals surface area contributed by atoms with Gasteiger partial charge >= 0.3 is 6.18 Å². The molecule has 40 heavy (non-hydrogen) atoms. The van der Waals surface area contributed by atoms with Crippen molar-refractivity contribution in [2.75, 3.05) is 25.0 Å². The minimum atomic E-state index is -4.52. The van der Waals surface area contributed by atoms with Crippen LogP contribution < -0.4 is 10.4 Å². The Morgan fingerprint density at radius 3 is 2.25 bits per heavy atom. The van der Waals surface area contributed by atoms with Gasteiger partial charge in [-0.05, 0) is 42.7 Å². The number of alkyl halides is 3. The molecular weight excluding hydrogens is 541 g/mol. The van der Waals surface area contributed by atoms with Crippen molar-refractivity contribution in [3.8, 4) is 22.4 Å². The molecule has 0 saturated carbocycles. The topological polar surface area (TPSA) is 66.6 Å². The molecule has 1 aliphatic heterocycles. The maximum Gasteiger partial charge on any atom is 0.433 e. The Morgan fingerprint density at radius 2 is 1.70 bits per heavy atom. The summed E-state index contributed by atoms with van der Waals surface area (Å²) in [5.41, 5.74) is 3.85. The number of carbonyl (C=O) groups excluding carboxylic acids is 1. The van der Waals surface area contributed by atoms with Gasteiger partial charge in [-0.15, -0.1) is 0 Å². The zero-order valence-electron chi connectivity index (χ0n) is 21.9. The summed E-state index contributed by atoms with van der Waals surface area (Å²) in [4.78, 5) is 23.1. The predicted octanol–water partition coefficient (Wildman–Crippen LogP) is 5.79. The molecule has 1 saturated heterocycles. The van der Waals surface area contributed by atoms with Crippen molar-refractivity contribution in [1.82, 2.24) is 19.5 Å². The normalized spacial score (nSPS) is 13.8. The number of hydrogen-bond donors (Lipinski definition) is 0. The van der Waals surface area contributed by atoms with E-state index in [1.165, 1.54) is 16.8 Å². The summed E-state index contributed by atoms with van der Waals surface area (Å²) in [5, 5.41) is 6.98. The number of aromatic nitrogens is 3. The molecule has 1 aliphatic rings. The summed E-state index contributed by atoms with van der Waals surface area (Å²) in [5.74, 6) is 0.463. The Hall–Kier alpha value is -4.18. The smallest absolute Gasteiger partial charge is 0.342 e. The van der Waals surface area contributed by atoms with Gasteiger partial charge in [0.05, 0.1) is 17.8 Å². The molecule has 0 spiro atoms. The molecule has 1 fully saturated rings. The molecule has 7 nitrogen and oxygen atoms in total. The van der Waals surface area contributed by atoms with E-state index in [4.69, 9.17) is 21.7 Å². The summed E-state index contributed by atoms with van der Waals surface area (Å²) in [6, 6.07) is 17.4. The standard InChI is InChI=1S/C29H26ClF3N6O/c1-19-4-7-21(8-5-19)25-26(22-9-11-23(30)12-10-22)35-28(38-14-3-15-38)39(18-40)27(25)36-37(2)17-20-6-13-24(34-16-20)29(31,32)33/h4-13,16,18H,3,14-15,17H2,1-2H3/b36-27-. The van der Waals surface area contributed by atoms with E-state index in [2.05, 4.69) is 4.98 Å². The summed E-state index contributed by atoms with van der Waals surface area (Å²) < 4.78 is 40.4. The van der Waals surface area contributed by atoms with Crippen molar-refractivity contribution >= 4 is 24.0 Å². The molecule has 11 heteroatoms. The first kappa shape index (κ1) is 27.4. The van der Waals surface area contributed by atoms with Crippen LogP contribution in [0.1, 0.15) is 23.2 Å². The van der Waals surface area contributed by atoms with Crippen LogP contribution in [0.3, 0.4) is 0 Å². The van der Waals surface area contributed by atoms with Crippen molar-refractivity contribution in [2.45, 2.75) is 26.1 Å². The highest BCUT2D eigenvalue weighted by molar-refractivity contribution is 6.30. The van der Waals surface area contributed by atoms with Crippen molar-refractivity contribution in [1.29, 1.82) is 0 Å². The van der Waals surface area contributed by atoms with Crippen LogP contribution in [0.15, 0.2) is 72.0 Å². The van der Waals surface area contributed by atoms with Gasteiger partial charge in [-0.25, -0.2) is 9.55 Å². The Kier molecular flexibility index (Phi) is 7.62. The number of rotatable bonds is 7. The first-order valence-electron chi connectivity index (χ1n) is 12.6. The third kappa shape index (κ3) is 5.72. The van der Waals surface area contributed by atoms with E-state index in [1.807, 2.05) is 48.2 Å². The van der Waals surface area contributed by atoms with Crippen LogP contribution >= 0.6 is 11.6 Å². The molecule has 0 atom stereocenters. The van der Waals surface area contributed by atoms with Crippen molar-refractivity contribution in [2.24, 2.45) is 5.10 Å². The molecule has 0 bridgehead atoms. The molecule has 0 N–H and O–H groups in total. The van der Waals surface area contributed by atoms with E-state index < -0.39 is 11.9 Å². The van der Waals surface area contributed by atoms with Gasteiger partial charge in [0, 0.05) is 36.9 Å². The maximum atomic E-state index is 13.0. The second-order valence-electron chi connectivity index (χ2n) is 9.61. The lowest BCUT2D eigenvalue weighted by Gasteiger charge is -2.33. The van der Waals surface area contributed by atoms with Gasteiger partial charge in [0.15, 0.2) is 5.49 Å². The van der Waals surface area contributed by atoms with Crippen LogP contribution in [0.4, 0.5) is 19.1 Å². The van der Waals surface area contributed by atoms with Crippen molar-refractivity contribution < 1.29 is 18.0 Å². The molecule has 2 aromatic heterocycles. The average Bonchev–Trinajstić information content (AvgIpc) is 2.88. The van der Waals surface area contributed by atoms with Crippen LogP contribution in [0.25, 0.3) is 22.4 Å². The fourth-order valence-electron chi connectivity index (χ4n) is 4.42. The van der Waals surface area contributed by atoms with Crippen molar-refractivity contribution in [3.63, 3.8) is 0 Å². The summed E-state index contributed by atoms with van der Waals surface area (Å²) in [7, 11) is 1.69. The van der Waals surface area contributed by atoms with Crippen molar-refractivity contribution in [3.05, 3.63) is 94.2 Å². The van der Waals surface area contributed by atoms with E-state index in [-0.39, 0.29) is 6.54 Å². The number of benzene rings is 2. The van der Waals surface area contributed by atoms with E-state index in [0.717, 1.165) is 42.3 Å². The number of aryl methyl sites for hydroxylation is 1. The van der Waals surface area contributed by atoms with E-state index in [1.54, 1.807) is 24.2 Å². The van der Waals surface area contributed by atoms with Gasteiger partial charge < -0.3 is 4.90 Å². The van der Waals surface area contributed by atoms with Crippen LogP contribution in [0.5, 0.6) is 0 Å². The predicted molar refractivity (Wildman–Crippen MR) is 148 cm³/mol. The summed E-state index contributed by atoms with van der Waals surface area (Å²) in [6.07, 6.45) is -1.67. The van der Waals surface area contributed by atoms with Gasteiger partial charge in [0.2, 0.25) is 12.4 Å². The quantitative estimate of drug-likeness (QED) is 0.209. The van der Waals surface area contributed by atoms with Crippen LogP contribution in [0, 0.1) is 6.92 Å². The molecular formula is C29H26ClF3N6O. The fraction of sp³-hybridized carbons (Fsp3) is 0.241. The number of nitrogens with zero attached hydrogens (tertiary/aromatic N) is 6. The number of pyridine rings is 1. The molecule has 0 radical (unpaired) electrons. The minimum absolute atomic E-state index is 0.162. The lowest BCUT2D eigenvalue weighted by atomic mass is 9.99. The molecule has 0 amide bonds. The van der Waals surface area contributed by atoms with Gasteiger partial charge in [-0.3, -0.25) is 14.8 Å². The number of hydrogen-bond acceptors (Lipinski definition) is 6. The lowest BCUT2D eigenvalue weighted by Crippen LogP contribution is -2.43. The maximum absolute atomic E-state index is 13.0. The third-order valence-corrected chi connectivity index (χ3v) is 6.86. The Bertz CT molecular complexity index is 1580. The summed E-state index contributed by atoms with van der Waals surface area (Å²) in [6.45, 7) is 3.64. The zero-order valence-corrected chi connectivity index (χ0v) is 22.6. The number of anilines is 1. The Balaban J connectivity index is 1.71. The van der Waals surface area contributed by atoms with Gasteiger partial charge in [0.25, 0.3) is 0 Å². The van der Waals surface area contributed by atoms with Gasteiger partial charge in [-0.2, -0.15) is 18.3 Å². The molecule has 3 heterocycles. The van der Waals surface area contributed by atoms with Crippen LogP contribution in [-0.4, -0.2) is 46.1 Å². The van der Waals surface area contributed by atoms with Gasteiger partial charge in [0.1, 0.15) is 5.69 Å². The SMILES string of the molecule is Cc1ccc(-c2c(-c3ccc(Cl)cc3)nc(N3CCC3)n(C=O)/c2=N\N(C)Cc2ccc(C(F)(F)F)nc2)cc1. The second-order valence-corrected chi connectivity index (χ2v) is 10.0.